The van der Waals surface area contributed by atoms with Crippen molar-refractivity contribution in [1.82, 2.24) is 49.0 Å². The molecule has 10 nitrogen and oxygen atoms in total. The summed E-state index contributed by atoms with van der Waals surface area (Å²) >= 11 is 0. The van der Waals surface area contributed by atoms with Crippen LogP contribution in [0.3, 0.4) is 0 Å². The van der Waals surface area contributed by atoms with E-state index >= 15 is 0 Å². The van der Waals surface area contributed by atoms with Crippen LogP contribution in [0, 0.1) is 48.7 Å². The second kappa shape index (κ2) is 36.1. The molecule has 1 spiro atoms. The van der Waals surface area contributed by atoms with Crippen molar-refractivity contribution in [3.8, 4) is 0 Å². The molecule has 526 valence electrons. The van der Waals surface area contributed by atoms with E-state index in [0.717, 1.165) is 0 Å². The van der Waals surface area contributed by atoms with Crippen LogP contribution >= 0.6 is 0 Å². The Labute approximate surface area is 554 Å². The second-order valence-electron chi connectivity index (χ2n) is 41.2. The lowest BCUT2D eigenvalue weighted by molar-refractivity contribution is -0.129. The van der Waals surface area contributed by atoms with Crippen molar-refractivity contribution in [2.75, 3.05) is 183 Å². The quantitative estimate of drug-likeness (QED) is 0.139. The summed E-state index contributed by atoms with van der Waals surface area (Å²) in [7, 11) is 0. The lowest BCUT2D eigenvalue weighted by Crippen LogP contribution is -2.73. The van der Waals surface area contributed by atoms with Gasteiger partial charge in [-0.25, -0.2) is 0 Å². The molecule has 6 heterocycles. The van der Waals surface area contributed by atoms with Gasteiger partial charge in [0, 0.05) is 154 Å². The molecule has 6 saturated heterocycles. The van der Waals surface area contributed by atoms with Crippen molar-refractivity contribution in [2.24, 2.45) is 48.7 Å². The van der Waals surface area contributed by atoms with Crippen molar-refractivity contribution in [2.45, 2.75) is 277 Å². The highest BCUT2D eigenvalue weighted by Gasteiger charge is 2.52. The van der Waals surface area contributed by atoms with E-state index in [4.69, 9.17) is 0 Å². The third-order valence-corrected chi connectivity index (χ3v) is 18.7. The number of piperazine rings is 3. The van der Waals surface area contributed by atoms with Gasteiger partial charge in [0.05, 0.1) is 0 Å². The summed E-state index contributed by atoms with van der Waals surface area (Å²) in [6.07, 6.45) is 12.1. The molecule has 0 unspecified atom stereocenters. The van der Waals surface area contributed by atoms with E-state index in [1.165, 1.54) is 241 Å². The van der Waals surface area contributed by atoms with Gasteiger partial charge in [0.15, 0.2) is 0 Å². The zero-order chi connectivity index (χ0) is 67.4. The summed E-state index contributed by atoms with van der Waals surface area (Å²) in [5.74, 6) is 0. The number of hydrogen-bond acceptors (Lipinski definition) is 10. The molecule has 0 bridgehead atoms. The first-order chi connectivity index (χ1) is 39.8. The topological polar surface area (TPSA) is 32.4 Å². The van der Waals surface area contributed by atoms with Gasteiger partial charge in [0.1, 0.15) is 0 Å². The lowest BCUT2D eigenvalue weighted by Gasteiger charge is -2.62. The Bertz CT molecular complexity index is 1700. The Kier molecular flexibility index (Phi) is 34.3. The highest BCUT2D eigenvalue weighted by molar-refractivity contribution is 5.06. The molecule has 0 atom stereocenters. The van der Waals surface area contributed by atoms with Crippen LogP contribution in [0.1, 0.15) is 265 Å². The minimum atomic E-state index is 0.341. The highest BCUT2D eigenvalue weighted by atomic mass is 15.3. The summed E-state index contributed by atoms with van der Waals surface area (Å²) < 4.78 is 0. The molecular formula is C78H164N10. The minimum Gasteiger partial charge on any atom is -0.302 e. The molecule has 6 aliphatic rings. The molecule has 0 aromatic heterocycles. The molecule has 0 aliphatic carbocycles. The lowest BCUT2D eigenvalue weighted by atomic mass is 9.71. The molecule has 6 rings (SSSR count). The minimum absolute atomic E-state index is 0.341. The maximum Gasteiger partial charge on any atom is 0.0212 e. The van der Waals surface area contributed by atoms with Crippen LogP contribution < -0.4 is 0 Å². The van der Waals surface area contributed by atoms with Gasteiger partial charge < -0.3 is 39.2 Å². The molecule has 6 fully saturated rings. The SMILES string of the molecule is CC(C)(C)CCCCCN1CCN(C(C)(C)C)CC1.CC(C)(C)CCN1CCCN(CCC(C)(C)C)CC1.CC(C)(C)CCN1CCN(CCC(C)(C)C)CC1.CC(C)(C)CN1CC2(C1)CN(CC(C)(C)C)C2.CC(C)(C)CN1CCN(C(C)(C)C)CC1. The summed E-state index contributed by atoms with van der Waals surface area (Å²) in [5, 5.41) is 0. The van der Waals surface area contributed by atoms with Gasteiger partial charge in [0.2, 0.25) is 0 Å². The van der Waals surface area contributed by atoms with Gasteiger partial charge in [-0.2, -0.15) is 0 Å². The Hall–Kier alpha value is -0.400. The van der Waals surface area contributed by atoms with Crippen LogP contribution in [0.2, 0.25) is 0 Å². The van der Waals surface area contributed by atoms with Crippen LogP contribution in [0.5, 0.6) is 0 Å². The number of unbranched alkanes of at least 4 members (excludes halogenated alkanes) is 2. The zero-order valence-corrected chi connectivity index (χ0v) is 66.1. The fourth-order valence-electron chi connectivity index (χ4n) is 13.3. The number of hydrogen-bond donors (Lipinski definition) is 0. The first-order valence-electron chi connectivity index (χ1n) is 37.0. The summed E-state index contributed by atoms with van der Waals surface area (Å²) in [4.78, 5) is 26.3. The number of likely N-dealkylation sites (tertiary alicyclic amines) is 2. The molecule has 0 saturated carbocycles. The fraction of sp³-hybridized carbons (Fsp3) is 1.00. The van der Waals surface area contributed by atoms with Crippen LogP contribution in [0.25, 0.3) is 0 Å². The fourth-order valence-corrected chi connectivity index (χ4v) is 13.3. The van der Waals surface area contributed by atoms with Crippen LogP contribution in [0.15, 0.2) is 0 Å². The van der Waals surface area contributed by atoms with Crippen molar-refractivity contribution >= 4 is 0 Å². The monoisotopic (exact) mass is 1240 g/mol. The largest absolute Gasteiger partial charge is 0.302 e. The van der Waals surface area contributed by atoms with E-state index in [1.807, 2.05) is 0 Å². The first kappa shape index (κ1) is 83.7. The van der Waals surface area contributed by atoms with Gasteiger partial charge in [-0.1, -0.05) is 179 Å². The Morgan fingerprint density at radius 3 is 0.716 bits per heavy atom. The van der Waals surface area contributed by atoms with E-state index in [0.29, 0.717) is 59.8 Å². The maximum absolute atomic E-state index is 2.67. The van der Waals surface area contributed by atoms with Crippen molar-refractivity contribution < 1.29 is 0 Å². The zero-order valence-electron chi connectivity index (χ0n) is 66.1. The molecule has 0 aromatic carbocycles. The van der Waals surface area contributed by atoms with E-state index in [-0.39, 0.29) is 0 Å². The molecule has 0 aromatic rings. The van der Waals surface area contributed by atoms with Gasteiger partial charge in [-0.05, 0) is 176 Å². The smallest absolute Gasteiger partial charge is 0.0212 e. The maximum atomic E-state index is 2.67. The van der Waals surface area contributed by atoms with Gasteiger partial charge in [-0.3, -0.25) is 9.80 Å². The molecule has 0 amide bonds. The van der Waals surface area contributed by atoms with E-state index < -0.39 is 0 Å². The van der Waals surface area contributed by atoms with E-state index in [1.54, 1.807) is 0 Å². The average Bonchev–Trinajstić information content (AvgIpc) is 3.73. The van der Waals surface area contributed by atoms with Gasteiger partial charge in [-0.15, -0.1) is 0 Å². The Balaban J connectivity index is 0.000000376. The predicted molar refractivity (Wildman–Crippen MR) is 394 cm³/mol. The van der Waals surface area contributed by atoms with Crippen LogP contribution in [0.4, 0.5) is 0 Å². The van der Waals surface area contributed by atoms with Crippen LogP contribution in [-0.2, 0) is 0 Å². The molecular weight excluding hydrogens is 1080 g/mol. The number of rotatable bonds is 16. The third-order valence-electron chi connectivity index (χ3n) is 18.7. The standard InChI is InChI=1S/2C17H36N2.C16H34N2.C15H30N2.C13H28N2/c1-16(2,3)8-12-18-10-7-11-19(15-14-18)13-9-17(4,5)6;1-16(2,3)10-8-7-9-11-18-12-14-19(15-13-18)17(4,5)6;1-15(2,3)7-9-17-11-13-18(14-12-17)10-8-16(4,5)6;1-13(2,3)7-16-9-15(10-16)11-17(12-15)8-14(4,5)6;1-12(2,3)11-14-7-9-15(10-8-14)13(4,5)6/h2*7-15H2,1-6H3;7-14H2,1-6H3;7-12H2,1-6H3;7-11H2,1-6H3. The van der Waals surface area contributed by atoms with Crippen molar-refractivity contribution in [3.63, 3.8) is 0 Å². The van der Waals surface area contributed by atoms with E-state index in [9.17, 15) is 0 Å². The first-order valence-corrected chi connectivity index (χ1v) is 37.0. The van der Waals surface area contributed by atoms with Crippen molar-refractivity contribution in [1.29, 1.82) is 0 Å². The Morgan fingerprint density at radius 2 is 0.455 bits per heavy atom. The van der Waals surface area contributed by atoms with Crippen molar-refractivity contribution in [3.05, 3.63) is 0 Å². The molecule has 88 heavy (non-hydrogen) atoms. The van der Waals surface area contributed by atoms with Crippen LogP contribution in [-0.4, -0.2) is 243 Å². The van der Waals surface area contributed by atoms with E-state index in [2.05, 4.69) is 257 Å². The molecule has 6 aliphatic heterocycles. The highest BCUT2D eigenvalue weighted by Crippen LogP contribution is 2.42. The summed E-state index contributed by atoms with van der Waals surface area (Å²) in [6, 6.07) is 0. The number of nitrogens with zero attached hydrogens (tertiary/aromatic N) is 10. The summed E-state index contributed by atoms with van der Waals surface area (Å²) in [6.45, 7) is 106. The second-order valence-corrected chi connectivity index (χ2v) is 41.2. The molecule has 0 radical (unpaired) electrons. The average molecular weight is 1240 g/mol. The van der Waals surface area contributed by atoms with Gasteiger partial charge in [0.25, 0.3) is 0 Å². The predicted octanol–water partition coefficient (Wildman–Crippen LogP) is 16.5. The van der Waals surface area contributed by atoms with Gasteiger partial charge >= 0.3 is 0 Å². The Morgan fingerprint density at radius 1 is 0.216 bits per heavy atom. The normalized spacial score (nSPS) is 21.6. The third kappa shape index (κ3) is 42.1. The molecule has 0 N–H and O–H groups in total. The molecule has 10 heteroatoms. The summed E-state index contributed by atoms with van der Waals surface area (Å²) in [5.41, 5.74) is 5.11.